The molecule has 2 aliphatic rings. The molecule has 0 saturated carbocycles. The second kappa shape index (κ2) is 14.1. The van der Waals surface area contributed by atoms with Gasteiger partial charge in [0.15, 0.2) is 0 Å². The molecule has 0 aliphatic carbocycles. The van der Waals surface area contributed by atoms with Crippen LogP contribution < -0.4 is 19.6 Å². The summed E-state index contributed by atoms with van der Waals surface area (Å²) in [6.07, 6.45) is 0. The zero-order valence-electron chi connectivity index (χ0n) is 35.6. The van der Waals surface area contributed by atoms with Crippen molar-refractivity contribution in [1.82, 2.24) is 0 Å². The number of para-hydroxylation sites is 8. The second-order valence-corrected chi connectivity index (χ2v) is 17.0. The van der Waals surface area contributed by atoms with Crippen molar-refractivity contribution in [3.8, 4) is 22.3 Å². The van der Waals surface area contributed by atoms with Crippen molar-refractivity contribution in [1.29, 1.82) is 0 Å². The van der Waals surface area contributed by atoms with Gasteiger partial charge < -0.3 is 19.6 Å². The van der Waals surface area contributed by atoms with E-state index >= 15 is 0 Å². The predicted octanol–water partition coefficient (Wildman–Crippen LogP) is 16.7. The minimum Gasteiger partial charge on any atom is -0.341 e. The largest absolute Gasteiger partial charge is 0.341 e. The second-order valence-electron chi connectivity index (χ2n) is 17.0. The molecule has 11 aromatic rings. The molecule has 0 bridgehead atoms. The standard InChI is InChI=1S/C60H42N4/c1-61-51-22-7-11-26-55(51)63(56-27-12-8-23-52(56)61)43-33-35-48-49(37-43)59(42-31-30-39-16-3-4-18-41(39)36-42)47-34-32-44(38-50(47)60(48)46-21-15-19-40-17-5-6-20-45(40)46)64-57-28-13-9-24-53(57)62(2)54-25-10-14-29-58(54)64/h3-38H,1-2H3. The zero-order chi connectivity index (χ0) is 42.5. The van der Waals surface area contributed by atoms with Gasteiger partial charge in [0.1, 0.15) is 0 Å². The molecular formula is C60H42N4. The van der Waals surface area contributed by atoms with Crippen molar-refractivity contribution in [2.24, 2.45) is 0 Å². The quantitative estimate of drug-likeness (QED) is 0.164. The van der Waals surface area contributed by atoms with Crippen LogP contribution in [0.3, 0.4) is 0 Å². The summed E-state index contributed by atoms with van der Waals surface area (Å²) in [6.45, 7) is 0. The first-order valence-electron chi connectivity index (χ1n) is 22.1. The third-order valence-electron chi connectivity index (χ3n) is 13.6. The van der Waals surface area contributed by atoms with Gasteiger partial charge in [-0.3, -0.25) is 0 Å². The van der Waals surface area contributed by atoms with Crippen LogP contribution in [0.25, 0.3) is 65.3 Å². The van der Waals surface area contributed by atoms with E-state index in [-0.39, 0.29) is 0 Å². The molecule has 0 aromatic heterocycles. The van der Waals surface area contributed by atoms with Crippen molar-refractivity contribution in [3.05, 3.63) is 218 Å². The van der Waals surface area contributed by atoms with Crippen LogP contribution in [0.4, 0.5) is 56.9 Å². The fourth-order valence-corrected chi connectivity index (χ4v) is 10.7. The molecule has 4 heteroatoms. The lowest BCUT2D eigenvalue weighted by Gasteiger charge is -2.39. The van der Waals surface area contributed by atoms with Crippen molar-refractivity contribution < 1.29 is 0 Å². The molecule has 2 heterocycles. The number of hydrogen-bond donors (Lipinski definition) is 0. The normalized spacial score (nSPS) is 13.0. The molecule has 0 fully saturated rings. The van der Waals surface area contributed by atoms with Crippen LogP contribution in [0.5, 0.6) is 0 Å². The molecular weight excluding hydrogens is 777 g/mol. The molecule has 0 atom stereocenters. The summed E-state index contributed by atoms with van der Waals surface area (Å²) in [5.41, 5.74) is 16.4. The predicted molar refractivity (Wildman–Crippen MR) is 273 cm³/mol. The number of fused-ring (bicyclic) bond motifs is 8. The minimum absolute atomic E-state index is 1.12. The van der Waals surface area contributed by atoms with Gasteiger partial charge in [0.25, 0.3) is 0 Å². The Bertz CT molecular complexity index is 3600. The Balaban J connectivity index is 1.16. The number of hydrogen-bond acceptors (Lipinski definition) is 4. The smallest absolute Gasteiger partial charge is 0.0699 e. The van der Waals surface area contributed by atoms with Gasteiger partial charge in [0.2, 0.25) is 0 Å². The van der Waals surface area contributed by atoms with E-state index in [0.717, 1.165) is 34.1 Å². The van der Waals surface area contributed by atoms with E-state index in [9.17, 15) is 0 Å². The van der Waals surface area contributed by atoms with Crippen molar-refractivity contribution in [2.45, 2.75) is 0 Å². The van der Waals surface area contributed by atoms with Crippen LogP contribution in [-0.4, -0.2) is 14.1 Å². The van der Waals surface area contributed by atoms with Crippen molar-refractivity contribution in [2.75, 3.05) is 33.7 Å². The highest BCUT2D eigenvalue weighted by Gasteiger charge is 2.30. The van der Waals surface area contributed by atoms with Gasteiger partial charge in [-0.2, -0.15) is 0 Å². The summed E-state index contributed by atoms with van der Waals surface area (Å²) >= 11 is 0. The Hall–Kier alpha value is -8.34. The molecule has 13 rings (SSSR count). The lowest BCUT2D eigenvalue weighted by Crippen LogP contribution is -2.24. The summed E-state index contributed by atoms with van der Waals surface area (Å²) < 4.78 is 0. The Kier molecular flexibility index (Phi) is 8.00. The van der Waals surface area contributed by atoms with Crippen LogP contribution in [-0.2, 0) is 0 Å². The van der Waals surface area contributed by atoms with E-state index in [1.54, 1.807) is 0 Å². The molecule has 0 saturated heterocycles. The summed E-state index contributed by atoms with van der Waals surface area (Å²) in [5, 5.41) is 9.75. The molecule has 2 aliphatic heterocycles. The van der Waals surface area contributed by atoms with Gasteiger partial charge in [0.05, 0.1) is 45.5 Å². The highest BCUT2D eigenvalue weighted by molar-refractivity contribution is 6.25. The monoisotopic (exact) mass is 818 g/mol. The molecule has 0 amide bonds. The van der Waals surface area contributed by atoms with Gasteiger partial charge in [-0.15, -0.1) is 0 Å². The maximum Gasteiger partial charge on any atom is 0.0699 e. The first kappa shape index (κ1) is 36.3. The number of anilines is 10. The highest BCUT2D eigenvalue weighted by Crippen LogP contribution is 2.55. The summed E-state index contributed by atoms with van der Waals surface area (Å²) in [5.74, 6) is 0. The summed E-state index contributed by atoms with van der Waals surface area (Å²) in [4.78, 5) is 9.51. The average Bonchev–Trinajstić information content (AvgIpc) is 3.35. The van der Waals surface area contributed by atoms with Gasteiger partial charge in [-0.1, -0.05) is 140 Å². The fraction of sp³-hybridized carbons (Fsp3) is 0.0333. The van der Waals surface area contributed by atoms with Gasteiger partial charge in [-0.25, -0.2) is 0 Å². The molecule has 11 aromatic carbocycles. The van der Waals surface area contributed by atoms with E-state index in [4.69, 9.17) is 0 Å². The van der Waals surface area contributed by atoms with E-state index < -0.39 is 0 Å². The third-order valence-corrected chi connectivity index (χ3v) is 13.6. The van der Waals surface area contributed by atoms with Crippen molar-refractivity contribution in [3.63, 3.8) is 0 Å². The molecule has 0 unspecified atom stereocenters. The summed E-state index contributed by atoms with van der Waals surface area (Å²) in [6, 6.07) is 80.7. The molecule has 0 spiro atoms. The fourth-order valence-electron chi connectivity index (χ4n) is 10.7. The van der Waals surface area contributed by atoms with Crippen molar-refractivity contribution >= 4 is 100.0 Å². The Morgan fingerprint density at radius 3 is 1.23 bits per heavy atom. The van der Waals surface area contributed by atoms with Gasteiger partial charge >= 0.3 is 0 Å². The summed E-state index contributed by atoms with van der Waals surface area (Å²) in [7, 11) is 4.34. The first-order chi connectivity index (χ1) is 31.6. The Morgan fingerprint density at radius 2 is 0.688 bits per heavy atom. The molecule has 4 nitrogen and oxygen atoms in total. The van der Waals surface area contributed by atoms with Crippen LogP contribution in [0.15, 0.2) is 218 Å². The van der Waals surface area contributed by atoms with E-state index in [0.29, 0.717) is 0 Å². The van der Waals surface area contributed by atoms with Crippen LogP contribution in [0.1, 0.15) is 0 Å². The molecule has 64 heavy (non-hydrogen) atoms. The topological polar surface area (TPSA) is 13.0 Å². The van der Waals surface area contributed by atoms with Gasteiger partial charge in [0, 0.05) is 25.5 Å². The SMILES string of the molecule is CN1c2ccccc2N(c2ccc3c(-c4cccc5ccccc45)c4cc(N5c6ccccc6N(C)c6ccccc65)ccc4c(-c4ccc5ccccc5c4)c3c2)c2ccccc21. The zero-order valence-corrected chi connectivity index (χ0v) is 35.6. The Labute approximate surface area is 372 Å². The van der Waals surface area contributed by atoms with E-state index in [2.05, 4.69) is 252 Å². The maximum atomic E-state index is 2.45. The van der Waals surface area contributed by atoms with E-state index in [1.165, 1.54) is 88.1 Å². The lowest BCUT2D eigenvalue weighted by molar-refractivity contribution is 1.13. The van der Waals surface area contributed by atoms with Crippen LogP contribution in [0.2, 0.25) is 0 Å². The van der Waals surface area contributed by atoms with Crippen LogP contribution in [0, 0.1) is 0 Å². The molecule has 0 N–H and O–H groups in total. The van der Waals surface area contributed by atoms with Crippen LogP contribution >= 0.6 is 0 Å². The first-order valence-corrected chi connectivity index (χ1v) is 22.1. The maximum absolute atomic E-state index is 2.45. The van der Waals surface area contributed by atoms with E-state index in [1.807, 2.05) is 0 Å². The molecule has 0 radical (unpaired) electrons. The molecule has 302 valence electrons. The number of nitrogens with zero attached hydrogens (tertiary/aromatic N) is 4. The number of benzene rings is 11. The lowest BCUT2D eigenvalue weighted by atomic mass is 9.83. The minimum atomic E-state index is 1.12. The highest BCUT2D eigenvalue weighted by atomic mass is 15.3. The van der Waals surface area contributed by atoms with Gasteiger partial charge in [-0.05, 0) is 144 Å². The number of rotatable bonds is 4. The average molecular weight is 819 g/mol. The Morgan fingerprint density at radius 1 is 0.266 bits per heavy atom. The third kappa shape index (κ3) is 5.36.